The third kappa shape index (κ3) is 7.31. The molecule has 5 aliphatic rings. The number of ether oxygens (including phenoxy) is 1. The van der Waals surface area contributed by atoms with E-state index in [9.17, 15) is 45.9 Å². The van der Waals surface area contributed by atoms with Crippen molar-refractivity contribution in [1.29, 1.82) is 0 Å². The van der Waals surface area contributed by atoms with E-state index in [2.05, 4.69) is 15.0 Å². The summed E-state index contributed by atoms with van der Waals surface area (Å²) in [6.45, 7) is 4.82. The predicted octanol–water partition coefficient (Wildman–Crippen LogP) is 5.32. The molecule has 1 aromatic heterocycles. The van der Waals surface area contributed by atoms with Crippen LogP contribution in [0.25, 0.3) is 10.9 Å². The van der Waals surface area contributed by atoms with Gasteiger partial charge in [0.05, 0.1) is 16.8 Å². The molecular formula is C39H48F3N5O8S. The SMILES string of the molecule is CC(C)CN(C(=O)O)[C@H]1CCCCC/C=C\[C@@H]2C[C@@]2(C(=O)NS(=O)(=O)C2(C)CC2)NC(=O)[C@@H]2C[C@]3(CCc4c(c(C(F)(F)F)nc5ccccc45)O3)CN2C1=O. The maximum absolute atomic E-state index is 14.8. The summed E-state index contributed by atoms with van der Waals surface area (Å²) in [6, 6.07) is 3.80. The number of nitrogens with one attached hydrogen (secondary N) is 2. The normalized spacial score (nSPS) is 29.6. The number of fused-ring (bicyclic) bond motifs is 5. The molecule has 3 fully saturated rings. The maximum Gasteiger partial charge on any atom is 0.437 e. The van der Waals surface area contributed by atoms with E-state index in [0.717, 1.165) is 4.90 Å². The van der Waals surface area contributed by atoms with E-state index in [-0.39, 0.29) is 56.6 Å². The third-order valence-electron chi connectivity index (χ3n) is 12.1. The van der Waals surface area contributed by atoms with E-state index in [0.29, 0.717) is 49.5 Å². The molecule has 13 nitrogen and oxygen atoms in total. The van der Waals surface area contributed by atoms with Crippen molar-refractivity contribution < 1.29 is 50.6 Å². The molecule has 0 bridgehead atoms. The Morgan fingerprint density at radius 3 is 2.54 bits per heavy atom. The fourth-order valence-electron chi connectivity index (χ4n) is 8.54. The van der Waals surface area contributed by atoms with Gasteiger partial charge in [-0.2, -0.15) is 13.2 Å². The first-order valence-corrected chi connectivity index (χ1v) is 20.8. The summed E-state index contributed by atoms with van der Waals surface area (Å²) in [5, 5.41) is 13.6. The average molecular weight is 804 g/mol. The number of nitrogens with zero attached hydrogens (tertiary/aromatic N) is 3. The van der Waals surface area contributed by atoms with Crippen LogP contribution in [-0.2, 0) is 37.0 Å². The smallest absolute Gasteiger partial charge is 0.437 e. The first-order valence-electron chi connectivity index (χ1n) is 19.3. The lowest BCUT2D eigenvalue weighted by atomic mass is 9.87. The number of hydrogen-bond acceptors (Lipinski definition) is 8. The van der Waals surface area contributed by atoms with E-state index in [4.69, 9.17) is 4.74 Å². The van der Waals surface area contributed by atoms with Crippen molar-refractivity contribution in [3.63, 3.8) is 0 Å². The first kappa shape index (κ1) is 39.8. The molecule has 1 saturated heterocycles. The quantitative estimate of drug-likeness (QED) is 0.327. The fourth-order valence-corrected chi connectivity index (χ4v) is 9.85. The van der Waals surface area contributed by atoms with Gasteiger partial charge in [0.15, 0.2) is 11.4 Å². The number of carbonyl (C=O) groups is 4. The van der Waals surface area contributed by atoms with Crippen LogP contribution in [0.15, 0.2) is 36.4 Å². The monoisotopic (exact) mass is 803 g/mol. The molecule has 1 aromatic carbocycles. The van der Waals surface area contributed by atoms with E-state index < -0.39 is 85.3 Å². The molecule has 304 valence electrons. The van der Waals surface area contributed by atoms with Crippen LogP contribution in [-0.4, -0.2) is 93.2 Å². The summed E-state index contributed by atoms with van der Waals surface area (Å²) >= 11 is 0. The number of para-hydroxylation sites is 1. The first-order chi connectivity index (χ1) is 26.3. The second-order valence-electron chi connectivity index (χ2n) is 16.8. The zero-order valence-electron chi connectivity index (χ0n) is 31.7. The number of benzene rings is 1. The molecule has 17 heteroatoms. The molecular weight excluding hydrogens is 756 g/mol. The molecule has 2 aromatic rings. The number of rotatable bonds is 6. The molecule has 0 unspecified atom stereocenters. The Bertz CT molecular complexity index is 2090. The van der Waals surface area contributed by atoms with Gasteiger partial charge in [0.2, 0.25) is 21.8 Å². The number of halogens is 3. The van der Waals surface area contributed by atoms with Crippen molar-refractivity contribution in [3.8, 4) is 5.75 Å². The largest absolute Gasteiger partial charge is 0.483 e. The third-order valence-corrected chi connectivity index (χ3v) is 14.3. The van der Waals surface area contributed by atoms with Gasteiger partial charge >= 0.3 is 12.3 Å². The Morgan fingerprint density at radius 1 is 1.12 bits per heavy atom. The van der Waals surface area contributed by atoms with Gasteiger partial charge in [-0.25, -0.2) is 18.2 Å². The molecule has 4 heterocycles. The zero-order valence-corrected chi connectivity index (χ0v) is 32.5. The predicted molar refractivity (Wildman–Crippen MR) is 198 cm³/mol. The van der Waals surface area contributed by atoms with E-state index in [1.165, 1.54) is 17.9 Å². The van der Waals surface area contributed by atoms with E-state index >= 15 is 0 Å². The van der Waals surface area contributed by atoms with Crippen LogP contribution < -0.4 is 14.8 Å². The summed E-state index contributed by atoms with van der Waals surface area (Å²) in [5.41, 5.74) is -3.98. The van der Waals surface area contributed by atoms with Gasteiger partial charge < -0.3 is 20.1 Å². The topological polar surface area (TPSA) is 175 Å². The number of aryl methyl sites for hydroxylation is 1. The average Bonchev–Trinajstić information content (AvgIpc) is 4.02. The second kappa shape index (κ2) is 14.2. The number of carboxylic acid groups (broad SMARTS) is 1. The lowest BCUT2D eigenvalue weighted by Crippen LogP contribution is -2.59. The summed E-state index contributed by atoms with van der Waals surface area (Å²) in [4.78, 5) is 62.3. The number of pyridine rings is 1. The number of amides is 4. The standard InChI is InChI=1S/C39H48F3N5O8S/c1-23(2)21-46(35(51)52)28-14-8-6-4-5-7-11-24-19-38(24,34(50)45-56(53,54)36(3)17-18-36)44-32(48)29-20-37(22-47(29)33(28)49)16-15-26-25-12-9-10-13-27(25)43-31(30(26)55-37)39(40,41)42/h7,9-13,23-24,28-29H,4-6,8,14-22H2,1-3H3,(H,44,48)(H,45,50)(H,51,52)/b11-7-/t24-,28+,29+,37-,38-/m1/s1. The Labute approximate surface area is 323 Å². The van der Waals surface area contributed by atoms with Crippen LogP contribution >= 0.6 is 0 Å². The summed E-state index contributed by atoms with van der Waals surface area (Å²) in [6.07, 6.45) is 0.737. The molecule has 0 radical (unpaired) electrons. The van der Waals surface area contributed by atoms with Crippen molar-refractivity contribution in [2.45, 2.75) is 126 Å². The molecule has 56 heavy (non-hydrogen) atoms. The van der Waals surface area contributed by atoms with Crippen molar-refractivity contribution in [2.24, 2.45) is 11.8 Å². The van der Waals surface area contributed by atoms with Crippen LogP contribution in [0.2, 0.25) is 0 Å². The Morgan fingerprint density at radius 2 is 1.86 bits per heavy atom. The van der Waals surface area contributed by atoms with Crippen LogP contribution in [0.3, 0.4) is 0 Å². The Balaban J connectivity index is 1.29. The van der Waals surface area contributed by atoms with Crippen LogP contribution in [0.4, 0.5) is 18.0 Å². The number of allylic oxidation sites excluding steroid dienone is 1. The minimum absolute atomic E-state index is 0.0141. The van der Waals surface area contributed by atoms with Gasteiger partial charge in [0, 0.05) is 29.8 Å². The number of carbonyl (C=O) groups excluding carboxylic acids is 3. The lowest BCUT2D eigenvalue weighted by molar-refractivity contribution is -0.145. The van der Waals surface area contributed by atoms with Crippen LogP contribution in [0, 0.1) is 11.8 Å². The van der Waals surface area contributed by atoms with Crippen molar-refractivity contribution in [2.75, 3.05) is 13.1 Å². The van der Waals surface area contributed by atoms with Gasteiger partial charge in [-0.3, -0.25) is 24.0 Å². The van der Waals surface area contributed by atoms with Crippen LogP contribution in [0.5, 0.6) is 5.75 Å². The zero-order chi connectivity index (χ0) is 40.4. The maximum atomic E-state index is 14.8. The molecule has 4 amide bonds. The van der Waals surface area contributed by atoms with Gasteiger partial charge in [-0.1, -0.05) is 57.0 Å². The van der Waals surface area contributed by atoms with Gasteiger partial charge in [-0.05, 0) is 70.3 Å². The number of sulfonamides is 1. The Kier molecular flexibility index (Phi) is 10.1. The molecule has 7 rings (SSSR count). The summed E-state index contributed by atoms with van der Waals surface area (Å²) in [5.74, 6) is -3.64. The highest BCUT2D eigenvalue weighted by Crippen LogP contribution is 2.50. The minimum Gasteiger partial charge on any atom is -0.483 e. The summed E-state index contributed by atoms with van der Waals surface area (Å²) in [7, 11) is -4.09. The minimum atomic E-state index is -4.90. The molecule has 2 saturated carbocycles. The fraction of sp³-hybridized carbons (Fsp3) is 0.615. The molecule has 3 aliphatic heterocycles. The summed E-state index contributed by atoms with van der Waals surface area (Å²) < 4.78 is 77.7. The molecule has 2 aliphatic carbocycles. The number of hydrogen-bond donors (Lipinski definition) is 3. The number of aromatic nitrogens is 1. The molecule has 1 spiro atoms. The molecule has 3 N–H and O–H groups in total. The van der Waals surface area contributed by atoms with E-state index in [1.807, 2.05) is 19.9 Å². The Hall–Kier alpha value is -4.41. The molecule has 5 atom stereocenters. The highest BCUT2D eigenvalue weighted by atomic mass is 32.2. The van der Waals surface area contributed by atoms with E-state index in [1.54, 1.807) is 24.3 Å². The second-order valence-corrected chi connectivity index (χ2v) is 19.0. The van der Waals surface area contributed by atoms with Gasteiger partial charge in [-0.15, -0.1) is 0 Å². The van der Waals surface area contributed by atoms with Gasteiger partial charge in [0.25, 0.3) is 5.91 Å². The lowest BCUT2D eigenvalue weighted by Gasteiger charge is -2.38. The van der Waals surface area contributed by atoms with Crippen molar-refractivity contribution >= 4 is 44.7 Å². The highest BCUT2D eigenvalue weighted by molar-refractivity contribution is 7.91. The highest BCUT2D eigenvalue weighted by Gasteiger charge is 2.64. The van der Waals surface area contributed by atoms with Crippen LogP contribution in [0.1, 0.15) is 96.2 Å². The van der Waals surface area contributed by atoms with Gasteiger partial charge in [0.1, 0.15) is 23.2 Å². The van der Waals surface area contributed by atoms with Crippen molar-refractivity contribution in [3.05, 3.63) is 47.7 Å². The van der Waals surface area contributed by atoms with Crippen molar-refractivity contribution in [1.82, 2.24) is 24.8 Å². The number of alkyl halides is 3.